The van der Waals surface area contributed by atoms with Crippen molar-refractivity contribution in [3.63, 3.8) is 0 Å². The van der Waals surface area contributed by atoms with Gasteiger partial charge in [0.2, 0.25) is 0 Å². The van der Waals surface area contributed by atoms with E-state index in [0.717, 1.165) is 44.1 Å². The molecule has 1 saturated carbocycles. The molecule has 26 heavy (non-hydrogen) atoms. The van der Waals surface area contributed by atoms with E-state index in [1.165, 1.54) is 63.8 Å². The summed E-state index contributed by atoms with van der Waals surface area (Å²) in [5, 5.41) is 0. The van der Waals surface area contributed by atoms with Crippen LogP contribution in [0, 0.1) is 0 Å². The number of hydrogen-bond acceptors (Lipinski definition) is 3. The van der Waals surface area contributed by atoms with Gasteiger partial charge in [0, 0.05) is 50.9 Å². The molecule has 0 N–H and O–H groups in total. The third-order valence-corrected chi connectivity index (χ3v) is 6.59. The minimum Gasteiger partial charge on any atom is -0.338 e. The minimum absolute atomic E-state index is 0.231. The van der Waals surface area contributed by atoms with E-state index in [-0.39, 0.29) is 5.91 Å². The summed E-state index contributed by atoms with van der Waals surface area (Å²) in [6, 6.07) is 8.95. The fourth-order valence-corrected chi connectivity index (χ4v) is 4.97. The van der Waals surface area contributed by atoms with Crippen LogP contribution >= 0.6 is 0 Å². The lowest BCUT2D eigenvalue weighted by Crippen LogP contribution is -2.51. The molecule has 1 aromatic rings. The summed E-state index contributed by atoms with van der Waals surface area (Å²) in [5.74, 6) is 0.231. The molecule has 1 saturated heterocycles. The summed E-state index contributed by atoms with van der Waals surface area (Å²) < 4.78 is 0. The maximum Gasteiger partial charge on any atom is 0.254 e. The van der Waals surface area contributed by atoms with Crippen molar-refractivity contribution < 1.29 is 4.79 Å². The first-order chi connectivity index (χ1) is 12.8. The molecule has 2 aliphatic heterocycles. The molecule has 0 radical (unpaired) electrons. The van der Waals surface area contributed by atoms with E-state index >= 15 is 0 Å². The van der Waals surface area contributed by atoms with Crippen molar-refractivity contribution in [2.24, 2.45) is 0 Å². The van der Waals surface area contributed by atoms with E-state index in [1.807, 2.05) is 18.2 Å². The number of benzene rings is 1. The molecule has 0 atom stereocenters. The van der Waals surface area contributed by atoms with Gasteiger partial charge < -0.3 is 9.80 Å². The maximum atomic E-state index is 12.6. The van der Waals surface area contributed by atoms with Crippen molar-refractivity contribution in [3.05, 3.63) is 35.4 Å². The van der Waals surface area contributed by atoms with Crippen LogP contribution in [0.3, 0.4) is 0 Å². The second kappa shape index (κ2) is 8.53. The van der Waals surface area contributed by atoms with Crippen LogP contribution in [0.15, 0.2) is 24.3 Å². The Hall–Kier alpha value is -1.39. The molecule has 4 nitrogen and oxygen atoms in total. The molecule has 0 spiro atoms. The minimum atomic E-state index is 0.231. The van der Waals surface area contributed by atoms with Gasteiger partial charge in [0.25, 0.3) is 5.91 Å². The predicted molar refractivity (Wildman–Crippen MR) is 106 cm³/mol. The highest BCUT2D eigenvalue weighted by molar-refractivity contribution is 5.96. The van der Waals surface area contributed by atoms with Gasteiger partial charge in [0.05, 0.1) is 0 Å². The number of carbonyl (C=O) groups is 1. The fraction of sp³-hybridized carbons (Fsp3) is 0.682. The van der Waals surface area contributed by atoms with E-state index in [0.29, 0.717) is 0 Å². The van der Waals surface area contributed by atoms with Crippen LogP contribution in [0.5, 0.6) is 0 Å². The van der Waals surface area contributed by atoms with Crippen LogP contribution in [0.4, 0.5) is 0 Å². The quantitative estimate of drug-likeness (QED) is 0.812. The normalized spacial score (nSPS) is 23.2. The average Bonchev–Trinajstić information content (AvgIpc) is 2.71. The van der Waals surface area contributed by atoms with Crippen LogP contribution in [-0.2, 0) is 6.42 Å². The van der Waals surface area contributed by atoms with Gasteiger partial charge in [0.1, 0.15) is 0 Å². The van der Waals surface area contributed by atoms with Crippen LogP contribution in [0.1, 0.15) is 54.4 Å². The number of hydrogen-bond donors (Lipinski definition) is 0. The van der Waals surface area contributed by atoms with Gasteiger partial charge in [0.15, 0.2) is 0 Å². The lowest BCUT2D eigenvalue weighted by molar-refractivity contribution is 0.0680. The molecule has 1 aliphatic carbocycles. The highest BCUT2D eigenvalue weighted by atomic mass is 16.2. The Morgan fingerprint density at radius 3 is 2.46 bits per heavy atom. The first kappa shape index (κ1) is 18.0. The van der Waals surface area contributed by atoms with Crippen LogP contribution < -0.4 is 0 Å². The van der Waals surface area contributed by atoms with Crippen molar-refractivity contribution in [1.29, 1.82) is 0 Å². The monoisotopic (exact) mass is 355 g/mol. The Morgan fingerprint density at radius 1 is 0.885 bits per heavy atom. The lowest BCUT2D eigenvalue weighted by atomic mass is 9.94. The zero-order chi connectivity index (χ0) is 17.8. The molecule has 2 fully saturated rings. The maximum absolute atomic E-state index is 12.6. The van der Waals surface area contributed by atoms with Gasteiger partial charge in [-0.15, -0.1) is 0 Å². The molecule has 2 heterocycles. The molecular weight excluding hydrogens is 322 g/mol. The van der Waals surface area contributed by atoms with Gasteiger partial charge in [-0.2, -0.15) is 0 Å². The van der Waals surface area contributed by atoms with E-state index in [2.05, 4.69) is 20.8 Å². The summed E-state index contributed by atoms with van der Waals surface area (Å²) in [6.07, 6.45) is 9.22. The summed E-state index contributed by atoms with van der Waals surface area (Å²) in [5.41, 5.74) is 2.13. The molecular formula is C22H33N3O. The Balaban J connectivity index is 1.18. The molecule has 0 bridgehead atoms. The van der Waals surface area contributed by atoms with Crippen LogP contribution in [0.25, 0.3) is 0 Å². The zero-order valence-corrected chi connectivity index (χ0v) is 16.0. The van der Waals surface area contributed by atoms with Gasteiger partial charge in [-0.05, 0) is 43.9 Å². The number of rotatable bonds is 5. The first-order valence-electron chi connectivity index (χ1n) is 10.6. The second-order valence-corrected chi connectivity index (χ2v) is 8.22. The Kier molecular flexibility index (Phi) is 5.91. The van der Waals surface area contributed by atoms with E-state index in [4.69, 9.17) is 0 Å². The Bertz CT molecular complexity index is 603. The third-order valence-electron chi connectivity index (χ3n) is 6.59. The van der Waals surface area contributed by atoms with Crippen LogP contribution in [0.2, 0.25) is 0 Å². The van der Waals surface area contributed by atoms with Gasteiger partial charge in [-0.1, -0.05) is 37.5 Å². The van der Waals surface area contributed by atoms with Crippen molar-refractivity contribution >= 4 is 5.91 Å². The fourth-order valence-electron chi connectivity index (χ4n) is 4.97. The molecule has 3 aliphatic rings. The molecule has 0 unspecified atom stereocenters. The number of piperazine rings is 1. The largest absolute Gasteiger partial charge is 0.338 e. The SMILES string of the molecule is O=C1c2ccccc2CCN1CCCN1CCN(C2CCCCC2)CC1. The molecule has 1 amide bonds. The highest BCUT2D eigenvalue weighted by Gasteiger charge is 2.26. The summed E-state index contributed by atoms with van der Waals surface area (Å²) in [4.78, 5) is 20.0. The smallest absolute Gasteiger partial charge is 0.254 e. The van der Waals surface area contributed by atoms with Crippen LogP contribution in [-0.4, -0.2) is 72.5 Å². The predicted octanol–water partition coefficient (Wildman–Crippen LogP) is 3.03. The van der Waals surface area contributed by atoms with Crippen molar-refractivity contribution in [1.82, 2.24) is 14.7 Å². The summed E-state index contributed by atoms with van der Waals surface area (Å²) >= 11 is 0. The molecule has 4 rings (SSSR count). The topological polar surface area (TPSA) is 26.8 Å². The third kappa shape index (κ3) is 4.12. The zero-order valence-electron chi connectivity index (χ0n) is 16.0. The molecule has 142 valence electrons. The number of fused-ring (bicyclic) bond motifs is 1. The first-order valence-corrected chi connectivity index (χ1v) is 10.6. The Labute approximate surface area is 158 Å². The number of carbonyl (C=O) groups excluding carboxylic acids is 1. The van der Waals surface area contributed by atoms with E-state index in [1.54, 1.807) is 0 Å². The van der Waals surface area contributed by atoms with Gasteiger partial charge in [-0.25, -0.2) is 0 Å². The Morgan fingerprint density at radius 2 is 1.65 bits per heavy atom. The van der Waals surface area contributed by atoms with Crippen molar-refractivity contribution in [2.45, 2.75) is 51.0 Å². The molecule has 1 aromatic carbocycles. The van der Waals surface area contributed by atoms with E-state index in [9.17, 15) is 4.79 Å². The summed E-state index contributed by atoms with van der Waals surface area (Å²) in [6.45, 7) is 7.78. The summed E-state index contributed by atoms with van der Waals surface area (Å²) in [7, 11) is 0. The van der Waals surface area contributed by atoms with Crippen molar-refractivity contribution in [3.8, 4) is 0 Å². The molecule has 0 aromatic heterocycles. The van der Waals surface area contributed by atoms with E-state index < -0.39 is 0 Å². The average molecular weight is 356 g/mol. The van der Waals surface area contributed by atoms with Gasteiger partial charge >= 0.3 is 0 Å². The number of amides is 1. The standard InChI is InChI=1S/C22H33N3O/c26-22-21-10-5-4-7-19(21)11-14-25(22)13-6-12-23-15-17-24(18-16-23)20-8-2-1-3-9-20/h4-5,7,10,20H,1-3,6,8-9,11-18H2. The van der Waals surface area contributed by atoms with Crippen molar-refractivity contribution in [2.75, 3.05) is 45.8 Å². The molecule has 4 heteroatoms. The number of nitrogens with zero attached hydrogens (tertiary/aromatic N) is 3. The van der Waals surface area contributed by atoms with Gasteiger partial charge in [-0.3, -0.25) is 9.69 Å². The highest BCUT2D eigenvalue weighted by Crippen LogP contribution is 2.23. The lowest BCUT2D eigenvalue weighted by Gasteiger charge is -2.41. The second-order valence-electron chi connectivity index (χ2n) is 8.22.